The molecule has 0 aliphatic carbocycles. The van der Waals surface area contributed by atoms with E-state index in [4.69, 9.17) is 0 Å². The zero-order valence-electron chi connectivity index (χ0n) is 14.6. The van der Waals surface area contributed by atoms with E-state index in [1.165, 1.54) is 0 Å². The quantitative estimate of drug-likeness (QED) is 0.793. The van der Waals surface area contributed by atoms with E-state index in [1.807, 2.05) is 31.5 Å². The van der Waals surface area contributed by atoms with E-state index < -0.39 is 0 Å². The lowest BCUT2D eigenvalue weighted by molar-refractivity contribution is 0.0942. The molecule has 1 N–H and O–H groups in total. The van der Waals surface area contributed by atoms with E-state index in [0.717, 1.165) is 30.3 Å². The largest absolute Gasteiger partial charge is 0.351 e. The predicted molar refractivity (Wildman–Crippen MR) is 88.4 cm³/mol. The summed E-state index contributed by atoms with van der Waals surface area (Å²) < 4.78 is 3.63. The van der Waals surface area contributed by atoms with Crippen molar-refractivity contribution in [2.75, 3.05) is 6.54 Å². The number of aromatic nitrogens is 5. The molecule has 23 heavy (non-hydrogen) atoms. The molecular formula is C16H26N6O. The molecule has 2 rings (SSSR count). The molecule has 0 atom stereocenters. The summed E-state index contributed by atoms with van der Waals surface area (Å²) in [5, 5.41) is 11.7. The van der Waals surface area contributed by atoms with Gasteiger partial charge >= 0.3 is 0 Å². The van der Waals surface area contributed by atoms with Gasteiger partial charge in [0.05, 0.1) is 5.69 Å². The van der Waals surface area contributed by atoms with Crippen LogP contribution in [0.2, 0.25) is 0 Å². The van der Waals surface area contributed by atoms with Gasteiger partial charge in [0.15, 0.2) is 0 Å². The van der Waals surface area contributed by atoms with E-state index in [-0.39, 0.29) is 5.91 Å². The van der Waals surface area contributed by atoms with Crippen LogP contribution in [0.25, 0.3) is 0 Å². The maximum atomic E-state index is 12.3. The number of nitrogens with one attached hydrogen (secondary N) is 1. The summed E-state index contributed by atoms with van der Waals surface area (Å²) in [5.74, 6) is 1.92. The number of hydrogen-bond acceptors (Lipinski definition) is 4. The molecule has 0 radical (unpaired) electrons. The number of carbonyl (C=O) groups is 1. The third-order valence-corrected chi connectivity index (χ3v) is 3.72. The standard InChI is InChI=1S/C16H26N6O/c1-6-21-15(10-14(20-21)11(2)3)16(23)17-8-7-9-22-13(5)18-12(4)19-22/h10-11H,6-9H2,1-5H3,(H,17,23). The Bertz CT molecular complexity index is 670. The number of aryl methyl sites for hydroxylation is 4. The topological polar surface area (TPSA) is 77.6 Å². The van der Waals surface area contributed by atoms with Gasteiger partial charge < -0.3 is 5.32 Å². The molecule has 7 heteroatoms. The lowest BCUT2D eigenvalue weighted by Crippen LogP contribution is -2.27. The van der Waals surface area contributed by atoms with Gasteiger partial charge in [0, 0.05) is 19.6 Å². The lowest BCUT2D eigenvalue weighted by atomic mass is 10.1. The first-order chi connectivity index (χ1) is 10.9. The second-order valence-corrected chi connectivity index (χ2v) is 5.96. The molecular weight excluding hydrogens is 292 g/mol. The van der Waals surface area contributed by atoms with Crippen LogP contribution in [0.4, 0.5) is 0 Å². The molecule has 0 aliphatic rings. The number of amides is 1. The van der Waals surface area contributed by atoms with E-state index in [2.05, 4.69) is 34.3 Å². The minimum Gasteiger partial charge on any atom is -0.351 e. The van der Waals surface area contributed by atoms with Crippen LogP contribution in [-0.2, 0) is 13.1 Å². The lowest BCUT2D eigenvalue weighted by Gasteiger charge is -2.07. The first kappa shape index (κ1) is 17.2. The fraction of sp³-hybridized carbons (Fsp3) is 0.625. The zero-order valence-corrected chi connectivity index (χ0v) is 14.6. The molecule has 2 aromatic rings. The van der Waals surface area contributed by atoms with Crippen LogP contribution in [0.15, 0.2) is 6.07 Å². The van der Waals surface area contributed by atoms with Crippen molar-refractivity contribution < 1.29 is 4.79 Å². The van der Waals surface area contributed by atoms with Gasteiger partial charge in [-0.1, -0.05) is 13.8 Å². The molecule has 0 unspecified atom stereocenters. The van der Waals surface area contributed by atoms with Gasteiger partial charge in [-0.25, -0.2) is 4.98 Å². The maximum absolute atomic E-state index is 12.3. The van der Waals surface area contributed by atoms with E-state index >= 15 is 0 Å². The van der Waals surface area contributed by atoms with Crippen LogP contribution in [0, 0.1) is 13.8 Å². The molecule has 0 fully saturated rings. The fourth-order valence-electron chi connectivity index (χ4n) is 2.44. The van der Waals surface area contributed by atoms with Gasteiger partial charge in [0.25, 0.3) is 5.91 Å². The highest BCUT2D eigenvalue weighted by Gasteiger charge is 2.15. The van der Waals surface area contributed by atoms with Gasteiger partial charge in [0.1, 0.15) is 17.3 Å². The van der Waals surface area contributed by atoms with Crippen molar-refractivity contribution in [2.45, 2.75) is 60.0 Å². The summed E-state index contributed by atoms with van der Waals surface area (Å²) in [5.41, 5.74) is 1.58. The zero-order chi connectivity index (χ0) is 17.0. The molecule has 0 saturated carbocycles. The summed E-state index contributed by atoms with van der Waals surface area (Å²) in [7, 11) is 0. The molecule has 7 nitrogen and oxygen atoms in total. The minimum absolute atomic E-state index is 0.0715. The smallest absolute Gasteiger partial charge is 0.269 e. The van der Waals surface area contributed by atoms with Crippen LogP contribution < -0.4 is 5.32 Å². The van der Waals surface area contributed by atoms with Crippen LogP contribution in [0.3, 0.4) is 0 Å². The summed E-state index contributed by atoms with van der Waals surface area (Å²) in [4.78, 5) is 16.6. The maximum Gasteiger partial charge on any atom is 0.269 e. The Labute approximate surface area is 137 Å². The Morgan fingerprint density at radius 1 is 1.26 bits per heavy atom. The first-order valence-corrected chi connectivity index (χ1v) is 8.16. The van der Waals surface area contributed by atoms with E-state index in [9.17, 15) is 4.79 Å². The number of nitrogens with zero attached hydrogens (tertiary/aromatic N) is 5. The third kappa shape index (κ3) is 4.18. The van der Waals surface area contributed by atoms with Crippen molar-refractivity contribution in [1.29, 1.82) is 0 Å². The monoisotopic (exact) mass is 318 g/mol. The molecule has 0 aromatic carbocycles. The molecule has 0 saturated heterocycles. The first-order valence-electron chi connectivity index (χ1n) is 8.16. The molecule has 0 aliphatic heterocycles. The Morgan fingerprint density at radius 2 is 2.00 bits per heavy atom. The van der Waals surface area contributed by atoms with Crippen molar-refractivity contribution in [3.05, 3.63) is 29.1 Å². The Morgan fingerprint density at radius 3 is 2.57 bits per heavy atom. The second-order valence-electron chi connectivity index (χ2n) is 5.96. The van der Waals surface area contributed by atoms with Gasteiger partial charge in [-0.2, -0.15) is 10.2 Å². The molecule has 1 amide bonds. The summed E-state index contributed by atoms with van der Waals surface area (Å²) in [6.45, 7) is 12.0. The number of rotatable bonds is 7. The highest BCUT2D eigenvalue weighted by Crippen LogP contribution is 2.14. The Kier molecular flexibility index (Phi) is 5.52. The fourth-order valence-corrected chi connectivity index (χ4v) is 2.44. The van der Waals surface area contributed by atoms with Crippen molar-refractivity contribution in [1.82, 2.24) is 29.9 Å². The molecule has 2 heterocycles. The van der Waals surface area contributed by atoms with Gasteiger partial charge in [-0.3, -0.25) is 14.2 Å². The summed E-state index contributed by atoms with van der Waals surface area (Å²) >= 11 is 0. The second kappa shape index (κ2) is 7.39. The number of carbonyl (C=O) groups excluding carboxylic acids is 1. The summed E-state index contributed by atoms with van der Waals surface area (Å²) in [6.07, 6.45) is 0.812. The van der Waals surface area contributed by atoms with Crippen LogP contribution in [0.1, 0.15) is 60.9 Å². The Hall–Kier alpha value is -2.18. The minimum atomic E-state index is -0.0715. The highest BCUT2D eigenvalue weighted by molar-refractivity contribution is 5.92. The molecule has 126 valence electrons. The van der Waals surface area contributed by atoms with Crippen molar-refractivity contribution in [3.8, 4) is 0 Å². The SMILES string of the molecule is CCn1nc(C(C)C)cc1C(=O)NCCCn1nc(C)nc1C. The predicted octanol–water partition coefficient (Wildman–Crippen LogP) is 2.05. The van der Waals surface area contributed by atoms with Crippen LogP contribution in [0.5, 0.6) is 0 Å². The van der Waals surface area contributed by atoms with E-state index in [0.29, 0.717) is 24.7 Å². The number of hydrogen-bond donors (Lipinski definition) is 1. The Balaban J connectivity index is 1.88. The third-order valence-electron chi connectivity index (χ3n) is 3.72. The van der Waals surface area contributed by atoms with E-state index in [1.54, 1.807) is 4.68 Å². The average Bonchev–Trinajstić information content (AvgIpc) is 3.06. The summed E-state index contributed by atoms with van der Waals surface area (Å²) in [6, 6.07) is 1.88. The van der Waals surface area contributed by atoms with Crippen molar-refractivity contribution >= 4 is 5.91 Å². The van der Waals surface area contributed by atoms with Gasteiger partial charge in [-0.05, 0) is 39.2 Å². The van der Waals surface area contributed by atoms with Crippen molar-refractivity contribution in [2.24, 2.45) is 0 Å². The van der Waals surface area contributed by atoms with Crippen LogP contribution >= 0.6 is 0 Å². The molecule has 0 spiro atoms. The highest BCUT2D eigenvalue weighted by atomic mass is 16.2. The van der Waals surface area contributed by atoms with Crippen LogP contribution in [-0.4, -0.2) is 37.0 Å². The normalized spacial score (nSPS) is 11.2. The average molecular weight is 318 g/mol. The van der Waals surface area contributed by atoms with Gasteiger partial charge in [-0.15, -0.1) is 0 Å². The molecule has 0 bridgehead atoms. The molecule has 2 aromatic heterocycles. The van der Waals surface area contributed by atoms with Crippen molar-refractivity contribution in [3.63, 3.8) is 0 Å². The van der Waals surface area contributed by atoms with Gasteiger partial charge in [0.2, 0.25) is 0 Å².